The van der Waals surface area contributed by atoms with Crippen molar-refractivity contribution in [2.45, 2.75) is 13.0 Å². The number of benzene rings is 1. The molecule has 0 saturated carbocycles. The third-order valence-electron chi connectivity index (χ3n) is 3.36. The van der Waals surface area contributed by atoms with Crippen LogP contribution in [0.5, 0.6) is 5.88 Å². The van der Waals surface area contributed by atoms with Gasteiger partial charge in [-0.2, -0.15) is 4.98 Å². The monoisotopic (exact) mass is 340 g/mol. The summed E-state index contributed by atoms with van der Waals surface area (Å²) in [5.74, 6) is 1.09. The number of hydrogen-bond donors (Lipinski definition) is 1. The molecule has 0 aliphatic rings. The van der Waals surface area contributed by atoms with Gasteiger partial charge in [-0.15, -0.1) is 0 Å². The lowest BCUT2D eigenvalue weighted by molar-refractivity contribution is 0.325. The molecule has 3 rings (SSSR count). The van der Waals surface area contributed by atoms with Gasteiger partial charge >= 0.3 is 0 Å². The van der Waals surface area contributed by atoms with Crippen LogP contribution in [0.25, 0.3) is 0 Å². The lowest BCUT2D eigenvalue weighted by Crippen LogP contribution is -2.15. The van der Waals surface area contributed by atoms with Crippen molar-refractivity contribution in [3.63, 3.8) is 0 Å². The molecule has 3 aromatic rings. The highest BCUT2D eigenvalue weighted by atomic mass is 35.5. The third-order valence-corrected chi connectivity index (χ3v) is 3.60. The van der Waals surface area contributed by atoms with Crippen LogP contribution in [0.15, 0.2) is 61.1 Å². The Kier molecular flexibility index (Phi) is 5.23. The maximum Gasteiger partial charge on any atom is 0.234 e. The highest BCUT2D eigenvalue weighted by molar-refractivity contribution is 6.30. The second-order valence-corrected chi connectivity index (χ2v) is 5.50. The molecule has 0 aliphatic carbocycles. The summed E-state index contributed by atoms with van der Waals surface area (Å²) in [5, 5.41) is 4.03. The van der Waals surface area contributed by atoms with Crippen molar-refractivity contribution in [1.29, 1.82) is 0 Å². The van der Waals surface area contributed by atoms with Crippen molar-refractivity contribution in [2.75, 3.05) is 11.9 Å². The van der Waals surface area contributed by atoms with E-state index in [1.165, 1.54) is 0 Å². The Labute approximate surface area is 145 Å². The zero-order valence-electron chi connectivity index (χ0n) is 13.2. The van der Waals surface area contributed by atoms with E-state index in [2.05, 4.69) is 20.3 Å². The molecule has 1 N–H and O–H groups in total. The number of halogens is 1. The lowest BCUT2D eigenvalue weighted by atomic mass is 10.0. The molecular formula is C18H17ClN4O. The molecule has 1 atom stereocenters. The predicted molar refractivity (Wildman–Crippen MR) is 94.4 cm³/mol. The van der Waals surface area contributed by atoms with Gasteiger partial charge in [0.2, 0.25) is 5.88 Å². The highest BCUT2D eigenvalue weighted by Gasteiger charge is 2.16. The van der Waals surface area contributed by atoms with E-state index in [0.29, 0.717) is 23.3 Å². The van der Waals surface area contributed by atoms with Crippen LogP contribution in [0, 0.1) is 0 Å². The Morgan fingerprint density at radius 1 is 1.17 bits per heavy atom. The van der Waals surface area contributed by atoms with Crippen molar-refractivity contribution in [1.82, 2.24) is 15.0 Å². The fraction of sp³-hybridized carbons (Fsp3) is 0.167. The largest absolute Gasteiger partial charge is 0.477 e. The number of aromatic nitrogens is 3. The molecule has 6 heteroatoms. The topological polar surface area (TPSA) is 59.9 Å². The van der Waals surface area contributed by atoms with Gasteiger partial charge in [-0.05, 0) is 36.8 Å². The number of nitrogens with zero attached hydrogens (tertiary/aromatic N) is 3. The van der Waals surface area contributed by atoms with E-state index >= 15 is 0 Å². The van der Waals surface area contributed by atoms with E-state index < -0.39 is 0 Å². The number of hydrogen-bond acceptors (Lipinski definition) is 5. The first-order valence-electron chi connectivity index (χ1n) is 7.64. The molecule has 2 heterocycles. The summed E-state index contributed by atoms with van der Waals surface area (Å²) in [4.78, 5) is 13.0. The molecule has 0 bridgehead atoms. The fourth-order valence-corrected chi connectivity index (χ4v) is 2.54. The number of nitrogens with one attached hydrogen (secondary N) is 1. The van der Waals surface area contributed by atoms with E-state index in [9.17, 15) is 0 Å². The third kappa shape index (κ3) is 4.00. The number of anilines is 1. The predicted octanol–water partition coefficient (Wildman–Crippen LogP) is 4.13. The minimum absolute atomic E-state index is 0.198. The molecule has 0 fully saturated rings. The van der Waals surface area contributed by atoms with Crippen molar-refractivity contribution in [3.8, 4) is 5.88 Å². The molecule has 24 heavy (non-hydrogen) atoms. The summed E-state index contributed by atoms with van der Waals surface area (Å²) in [7, 11) is 0. The van der Waals surface area contributed by atoms with Gasteiger partial charge in [0.05, 0.1) is 30.7 Å². The summed E-state index contributed by atoms with van der Waals surface area (Å²) >= 11 is 6.15. The average molecular weight is 341 g/mol. The number of rotatable bonds is 6. The molecular weight excluding hydrogens is 324 g/mol. The van der Waals surface area contributed by atoms with Gasteiger partial charge in [0, 0.05) is 11.2 Å². The Hall–Kier alpha value is -2.66. The molecule has 0 radical (unpaired) electrons. The Balaban J connectivity index is 1.95. The zero-order chi connectivity index (χ0) is 16.8. The van der Waals surface area contributed by atoms with Crippen LogP contribution in [-0.4, -0.2) is 21.6 Å². The zero-order valence-corrected chi connectivity index (χ0v) is 13.9. The summed E-state index contributed by atoms with van der Waals surface area (Å²) in [6.07, 6.45) is 5.00. The smallest absolute Gasteiger partial charge is 0.234 e. The van der Waals surface area contributed by atoms with Crippen molar-refractivity contribution >= 4 is 17.4 Å². The van der Waals surface area contributed by atoms with Gasteiger partial charge in [-0.1, -0.05) is 29.8 Å². The van der Waals surface area contributed by atoms with Crippen molar-refractivity contribution < 1.29 is 4.74 Å². The second kappa shape index (κ2) is 7.75. The first kappa shape index (κ1) is 16.2. The standard InChI is InChI=1S/C18H17ClN4O/c1-2-24-17-12-20-11-16(22-17)23-18(15-8-3-4-9-21-15)13-6-5-7-14(19)10-13/h3-12,18H,2H2,1H3,(H,22,23). The maximum absolute atomic E-state index is 6.15. The summed E-state index contributed by atoms with van der Waals surface area (Å²) in [5.41, 5.74) is 1.85. The lowest BCUT2D eigenvalue weighted by Gasteiger charge is -2.19. The van der Waals surface area contributed by atoms with E-state index in [4.69, 9.17) is 16.3 Å². The van der Waals surface area contributed by atoms with Gasteiger partial charge in [0.25, 0.3) is 0 Å². The summed E-state index contributed by atoms with van der Waals surface area (Å²) < 4.78 is 5.41. The number of pyridine rings is 1. The van der Waals surface area contributed by atoms with E-state index in [1.807, 2.05) is 49.4 Å². The second-order valence-electron chi connectivity index (χ2n) is 5.06. The molecule has 2 aromatic heterocycles. The van der Waals surface area contributed by atoms with Crippen LogP contribution in [-0.2, 0) is 0 Å². The van der Waals surface area contributed by atoms with Crippen molar-refractivity contribution in [2.24, 2.45) is 0 Å². The molecule has 1 unspecified atom stereocenters. The van der Waals surface area contributed by atoms with E-state index in [1.54, 1.807) is 18.6 Å². The molecule has 0 amide bonds. The number of ether oxygens (including phenoxy) is 1. The van der Waals surface area contributed by atoms with Gasteiger partial charge in [-0.25, -0.2) is 0 Å². The quantitative estimate of drug-likeness (QED) is 0.731. The Morgan fingerprint density at radius 2 is 2.08 bits per heavy atom. The van der Waals surface area contributed by atoms with Crippen LogP contribution in [0.1, 0.15) is 24.2 Å². The van der Waals surface area contributed by atoms with Crippen molar-refractivity contribution in [3.05, 3.63) is 77.3 Å². The van der Waals surface area contributed by atoms with E-state index in [0.717, 1.165) is 11.3 Å². The van der Waals surface area contributed by atoms with Crippen LogP contribution in [0.4, 0.5) is 5.82 Å². The fourth-order valence-electron chi connectivity index (χ4n) is 2.34. The van der Waals surface area contributed by atoms with Crippen LogP contribution >= 0.6 is 11.6 Å². The molecule has 0 spiro atoms. The SMILES string of the molecule is CCOc1cncc(NC(c2cccc(Cl)c2)c2ccccn2)n1. The van der Waals surface area contributed by atoms with E-state index in [-0.39, 0.29) is 6.04 Å². The molecule has 122 valence electrons. The molecule has 1 aromatic carbocycles. The summed E-state index contributed by atoms with van der Waals surface area (Å²) in [6.45, 7) is 2.44. The van der Waals surface area contributed by atoms with Crippen LogP contribution < -0.4 is 10.1 Å². The Bertz CT molecular complexity index is 798. The highest BCUT2D eigenvalue weighted by Crippen LogP contribution is 2.26. The maximum atomic E-state index is 6.15. The van der Waals surface area contributed by atoms with Crippen LogP contribution in [0.2, 0.25) is 5.02 Å². The minimum Gasteiger partial charge on any atom is -0.477 e. The minimum atomic E-state index is -0.198. The van der Waals surface area contributed by atoms with Gasteiger partial charge < -0.3 is 10.1 Å². The average Bonchev–Trinajstić information content (AvgIpc) is 2.61. The first-order chi connectivity index (χ1) is 11.8. The molecule has 0 saturated heterocycles. The molecule has 5 nitrogen and oxygen atoms in total. The van der Waals surface area contributed by atoms with Gasteiger partial charge in [-0.3, -0.25) is 9.97 Å². The first-order valence-corrected chi connectivity index (χ1v) is 8.02. The molecule has 0 aliphatic heterocycles. The summed E-state index contributed by atoms with van der Waals surface area (Å²) in [6, 6.07) is 13.3. The Morgan fingerprint density at radius 3 is 2.83 bits per heavy atom. The van der Waals surface area contributed by atoms with Gasteiger partial charge in [0.15, 0.2) is 0 Å². The normalized spacial score (nSPS) is 11.8. The van der Waals surface area contributed by atoms with Crippen LogP contribution in [0.3, 0.4) is 0 Å². The van der Waals surface area contributed by atoms with Gasteiger partial charge in [0.1, 0.15) is 5.82 Å².